The molecule has 0 saturated carbocycles. The lowest BCUT2D eigenvalue weighted by atomic mass is 10.1. The van der Waals surface area contributed by atoms with Crippen molar-refractivity contribution < 1.29 is 4.74 Å². The molecule has 0 spiro atoms. The molecule has 1 aliphatic rings. The lowest BCUT2D eigenvalue weighted by Gasteiger charge is -2.41. The molecule has 1 N–H and O–H groups in total. The van der Waals surface area contributed by atoms with Gasteiger partial charge in [0.15, 0.2) is 5.13 Å². The van der Waals surface area contributed by atoms with Gasteiger partial charge >= 0.3 is 0 Å². The first-order valence-electron chi connectivity index (χ1n) is 7.70. The Kier molecular flexibility index (Phi) is 4.66. The molecule has 0 amide bonds. The Labute approximate surface area is 132 Å². The first-order valence-corrected chi connectivity index (χ1v) is 8.51. The number of nitrogens with one attached hydrogen (secondary N) is 1. The molecule has 1 aromatic rings. The highest BCUT2D eigenvalue weighted by atomic mass is 32.1. The number of ether oxygens (including phenoxy) is 1. The quantitative estimate of drug-likeness (QED) is 0.929. The number of hydrogen-bond acceptors (Lipinski definition) is 5. The largest absolute Gasteiger partial charge is 0.369 e. The fraction of sp³-hybridized carbons (Fsp3) is 0.812. The highest BCUT2D eigenvalue weighted by molar-refractivity contribution is 7.15. The normalized spacial score (nSPS) is 22.6. The number of thiazole rings is 1. The van der Waals surface area contributed by atoms with Crippen molar-refractivity contribution in [2.45, 2.75) is 72.3 Å². The molecular weight excluding hydrogens is 282 g/mol. The minimum absolute atomic E-state index is 0.110. The van der Waals surface area contributed by atoms with Crippen molar-refractivity contribution in [2.24, 2.45) is 0 Å². The van der Waals surface area contributed by atoms with E-state index in [4.69, 9.17) is 9.72 Å². The van der Waals surface area contributed by atoms with E-state index in [9.17, 15) is 0 Å². The van der Waals surface area contributed by atoms with Crippen molar-refractivity contribution in [2.75, 3.05) is 18.0 Å². The SMILES string of the molecule is Cc1nc(N2CC(C)OC(C)(C)C2)sc1CNC(C)(C)C. The van der Waals surface area contributed by atoms with E-state index in [2.05, 4.69) is 58.7 Å². The van der Waals surface area contributed by atoms with Crippen LogP contribution >= 0.6 is 11.3 Å². The molecule has 0 radical (unpaired) electrons. The summed E-state index contributed by atoms with van der Waals surface area (Å²) in [6.45, 7) is 17.8. The smallest absolute Gasteiger partial charge is 0.186 e. The van der Waals surface area contributed by atoms with Gasteiger partial charge in [-0.1, -0.05) is 0 Å². The van der Waals surface area contributed by atoms with Crippen molar-refractivity contribution in [1.82, 2.24) is 10.3 Å². The maximum absolute atomic E-state index is 5.98. The maximum atomic E-state index is 5.98. The number of anilines is 1. The summed E-state index contributed by atoms with van der Waals surface area (Å²) in [7, 11) is 0. The summed E-state index contributed by atoms with van der Waals surface area (Å²) in [6, 6.07) is 0. The molecule has 0 bridgehead atoms. The van der Waals surface area contributed by atoms with E-state index < -0.39 is 0 Å². The molecular formula is C16H29N3OS. The Morgan fingerprint density at radius 3 is 2.67 bits per heavy atom. The summed E-state index contributed by atoms with van der Waals surface area (Å²) >= 11 is 1.81. The molecule has 1 aliphatic heterocycles. The van der Waals surface area contributed by atoms with Crippen LogP contribution < -0.4 is 10.2 Å². The molecule has 1 unspecified atom stereocenters. The van der Waals surface area contributed by atoms with Gasteiger partial charge in [-0.2, -0.15) is 0 Å². The Morgan fingerprint density at radius 2 is 2.10 bits per heavy atom. The summed E-state index contributed by atoms with van der Waals surface area (Å²) in [5.74, 6) is 0. The van der Waals surface area contributed by atoms with Crippen LogP contribution in [0.2, 0.25) is 0 Å². The van der Waals surface area contributed by atoms with Crippen LogP contribution in [0.5, 0.6) is 0 Å². The highest BCUT2D eigenvalue weighted by Crippen LogP contribution is 2.31. The fourth-order valence-corrected chi connectivity index (χ4v) is 3.67. The van der Waals surface area contributed by atoms with Crippen LogP contribution in [0.4, 0.5) is 5.13 Å². The molecule has 0 aliphatic carbocycles. The van der Waals surface area contributed by atoms with Gasteiger partial charge in [-0.25, -0.2) is 4.98 Å². The molecule has 2 rings (SSSR count). The lowest BCUT2D eigenvalue weighted by molar-refractivity contribution is -0.0749. The third-order valence-electron chi connectivity index (χ3n) is 3.50. The summed E-state index contributed by atoms with van der Waals surface area (Å²) in [4.78, 5) is 8.48. The standard InChI is InChI=1S/C16H29N3OS/c1-11-9-19(10-16(6,7)20-11)14-18-12(2)13(21-14)8-17-15(3,4)5/h11,17H,8-10H2,1-7H3. The zero-order valence-corrected chi connectivity index (χ0v) is 15.2. The van der Waals surface area contributed by atoms with Crippen LogP contribution in [0.3, 0.4) is 0 Å². The molecule has 5 heteroatoms. The zero-order valence-electron chi connectivity index (χ0n) is 14.4. The first-order chi connectivity index (χ1) is 9.56. The molecule has 2 heterocycles. The van der Waals surface area contributed by atoms with E-state index in [1.807, 2.05) is 0 Å². The minimum atomic E-state index is -0.110. The van der Waals surface area contributed by atoms with Crippen LogP contribution in [-0.4, -0.2) is 35.3 Å². The third-order valence-corrected chi connectivity index (χ3v) is 4.72. The van der Waals surface area contributed by atoms with Crippen LogP contribution in [0.25, 0.3) is 0 Å². The second-order valence-corrected chi connectivity index (χ2v) is 8.74. The van der Waals surface area contributed by atoms with Crippen LogP contribution in [-0.2, 0) is 11.3 Å². The Bertz CT molecular complexity index is 490. The van der Waals surface area contributed by atoms with Crippen molar-refractivity contribution in [1.29, 1.82) is 0 Å². The van der Waals surface area contributed by atoms with Gasteiger partial charge in [0.2, 0.25) is 0 Å². The molecule has 120 valence electrons. The van der Waals surface area contributed by atoms with E-state index in [0.29, 0.717) is 0 Å². The predicted octanol–water partition coefficient (Wildman–Crippen LogP) is 3.34. The summed E-state index contributed by atoms with van der Waals surface area (Å²) in [6.07, 6.45) is 0.245. The number of aryl methyl sites for hydroxylation is 1. The lowest BCUT2D eigenvalue weighted by Crippen LogP contribution is -2.52. The number of rotatable bonds is 3. The Balaban J connectivity index is 2.11. The average molecular weight is 311 g/mol. The molecule has 1 fully saturated rings. The zero-order chi connectivity index (χ0) is 15.8. The van der Waals surface area contributed by atoms with Crippen molar-refractivity contribution in [3.8, 4) is 0 Å². The van der Waals surface area contributed by atoms with E-state index in [-0.39, 0.29) is 17.2 Å². The number of hydrogen-bond donors (Lipinski definition) is 1. The molecule has 4 nitrogen and oxygen atoms in total. The van der Waals surface area contributed by atoms with Crippen LogP contribution in [0.1, 0.15) is 52.1 Å². The second-order valence-electron chi connectivity index (χ2n) is 7.68. The van der Waals surface area contributed by atoms with Gasteiger partial charge in [0.1, 0.15) is 0 Å². The topological polar surface area (TPSA) is 37.4 Å². The average Bonchev–Trinajstić information content (AvgIpc) is 2.64. The second kappa shape index (κ2) is 5.86. The van der Waals surface area contributed by atoms with Gasteiger partial charge in [0.05, 0.1) is 17.4 Å². The van der Waals surface area contributed by atoms with E-state index in [1.165, 1.54) is 4.88 Å². The molecule has 21 heavy (non-hydrogen) atoms. The number of nitrogens with zero attached hydrogens (tertiary/aromatic N) is 2. The Hall–Kier alpha value is -0.650. The van der Waals surface area contributed by atoms with E-state index >= 15 is 0 Å². The van der Waals surface area contributed by atoms with Gasteiger partial charge in [0.25, 0.3) is 0 Å². The molecule has 0 aromatic carbocycles. The fourth-order valence-electron chi connectivity index (χ4n) is 2.66. The number of aromatic nitrogens is 1. The monoisotopic (exact) mass is 311 g/mol. The predicted molar refractivity (Wildman–Crippen MR) is 90.3 cm³/mol. The molecule has 1 aromatic heterocycles. The summed E-state index contributed by atoms with van der Waals surface area (Å²) < 4.78 is 5.98. The first kappa shape index (κ1) is 16.7. The maximum Gasteiger partial charge on any atom is 0.186 e. The van der Waals surface area contributed by atoms with Gasteiger partial charge in [-0.05, 0) is 48.5 Å². The molecule has 1 atom stereocenters. The van der Waals surface area contributed by atoms with Gasteiger partial charge < -0.3 is 15.0 Å². The highest BCUT2D eigenvalue weighted by Gasteiger charge is 2.32. The van der Waals surface area contributed by atoms with Crippen molar-refractivity contribution >= 4 is 16.5 Å². The molecule has 1 saturated heterocycles. The minimum Gasteiger partial charge on any atom is -0.369 e. The van der Waals surface area contributed by atoms with E-state index in [0.717, 1.165) is 30.5 Å². The van der Waals surface area contributed by atoms with Crippen molar-refractivity contribution in [3.05, 3.63) is 10.6 Å². The van der Waals surface area contributed by atoms with Crippen LogP contribution in [0, 0.1) is 6.92 Å². The summed E-state index contributed by atoms with van der Waals surface area (Å²) in [5, 5.41) is 4.67. The van der Waals surface area contributed by atoms with Gasteiger partial charge in [-0.15, -0.1) is 11.3 Å². The van der Waals surface area contributed by atoms with Gasteiger partial charge in [0, 0.05) is 30.1 Å². The van der Waals surface area contributed by atoms with Crippen molar-refractivity contribution in [3.63, 3.8) is 0 Å². The Morgan fingerprint density at radius 1 is 1.43 bits per heavy atom. The summed E-state index contributed by atoms with van der Waals surface area (Å²) in [5.41, 5.74) is 1.16. The van der Waals surface area contributed by atoms with Crippen LogP contribution in [0.15, 0.2) is 0 Å². The number of morpholine rings is 1. The van der Waals surface area contributed by atoms with E-state index in [1.54, 1.807) is 11.3 Å². The van der Waals surface area contributed by atoms with Gasteiger partial charge in [-0.3, -0.25) is 0 Å². The third kappa shape index (κ3) is 4.66.